The highest BCUT2D eigenvalue weighted by atomic mass is 32.1. The maximum Gasteiger partial charge on any atom is 0.247 e. The molecule has 0 radical (unpaired) electrons. The van der Waals surface area contributed by atoms with E-state index >= 15 is 0 Å². The minimum absolute atomic E-state index is 0.0324. The van der Waals surface area contributed by atoms with Gasteiger partial charge in [-0.25, -0.2) is 0 Å². The summed E-state index contributed by atoms with van der Waals surface area (Å²) in [5.41, 5.74) is 0. The molecule has 7 nitrogen and oxygen atoms in total. The summed E-state index contributed by atoms with van der Waals surface area (Å²) >= 11 is 1.39. The average Bonchev–Trinajstić information content (AvgIpc) is 3.18. The van der Waals surface area contributed by atoms with Crippen LogP contribution in [-0.2, 0) is 9.59 Å². The van der Waals surface area contributed by atoms with E-state index in [4.69, 9.17) is 4.52 Å². The fourth-order valence-corrected chi connectivity index (χ4v) is 2.70. The number of Topliss-reactive ketones (excluding diaryl/α,β-unsaturated/α-hetero) is 1. The number of nitrogens with one attached hydrogen (secondary N) is 2. The Morgan fingerprint density at radius 1 is 1.33 bits per heavy atom. The molecule has 0 aromatic carbocycles. The second kappa shape index (κ2) is 8.39. The van der Waals surface area contributed by atoms with Crippen molar-refractivity contribution in [2.24, 2.45) is 0 Å². The fraction of sp³-hybridized carbons (Fsp3) is 0.375. The topological polar surface area (TPSA) is 101 Å². The van der Waals surface area contributed by atoms with E-state index in [1.54, 1.807) is 26.0 Å². The van der Waals surface area contributed by atoms with E-state index in [1.165, 1.54) is 11.3 Å². The highest BCUT2D eigenvalue weighted by Crippen LogP contribution is 2.13. The fourth-order valence-electron chi connectivity index (χ4n) is 2.01. The molecule has 0 fully saturated rings. The predicted octanol–water partition coefficient (Wildman–Crippen LogP) is 2.54. The zero-order valence-corrected chi connectivity index (χ0v) is 14.3. The third-order valence-electron chi connectivity index (χ3n) is 3.25. The van der Waals surface area contributed by atoms with Crippen LogP contribution in [0, 0.1) is 6.92 Å². The normalized spacial score (nSPS) is 11.8. The van der Waals surface area contributed by atoms with Crippen molar-refractivity contribution >= 4 is 34.8 Å². The van der Waals surface area contributed by atoms with E-state index in [0.717, 1.165) is 0 Å². The molecule has 0 bridgehead atoms. The number of aromatic nitrogens is 1. The van der Waals surface area contributed by atoms with Crippen LogP contribution in [0.4, 0.5) is 5.82 Å². The van der Waals surface area contributed by atoms with Crippen molar-refractivity contribution in [1.82, 2.24) is 10.5 Å². The zero-order valence-electron chi connectivity index (χ0n) is 13.5. The molecule has 0 unspecified atom stereocenters. The first-order valence-corrected chi connectivity index (χ1v) is 8.44. The molecule has 128 valence electrons. The molecule has 0 aliphatic rings. The van der Waals surface area contributed by atoms with Crippen LogP contribution in [-0.4, -0.2) is 28.8 Å². The molecule has 8 heteroatoms. The lowest BCUT2D eigenvalue weighted by molar-refractivity contribution is -0.126. The van der Waals surface area contributed by atoms with Crippen LogP contribution in [0.1, 0.15) is 41.6 Å². The molecule has 2 aromatic rings. The molecule has 2 amide bonds. The second-order valence-corrected chi connectivity index (χ2v) is 6.30. The Morgan fingerprint density at radius 3 is 2.75 bits per heavy atom. The third kappa shape index (κ3) is 5.31. The molecule has 24 heavy (non-hydrogen) atoms. The van der Waals surface area contributed by atoms with Crippen molar-refractivity contribution in [3.05, 3.63) is 34.2 Å². The Bertz CT molecular complexity index is 709. The molecule has 2 aromatic heterocycles. The number of aryl methyl sites for hydroxylation is 1. The summed E-state index contributed by atoms with van der Waals surface area (Å²) in [6.07, 6.45) is 0.948. The molecular formula is C16H19N3O4S. The van der Waals surface area contributed by atoms with Crippen molar-refractivity contribution < 1.29 is 18.9 Å². The first kappa shape index (κ1) is 17.9. The van der Waals surface area contributed by atoms with Crippen LogP contribution in [0.5, 0.6) is 0 Å². The van der Waals surface area contributed by atoms with E-state index in [2.05, 4.69) is 15.8 Å². The van der Waals surface area contributed by atoms with Gasteiger partial charge in [0.1, 0.15) is 11.8 Å². The number of nitrogens with zero attached hydrogens (tertiary/aromatic N) is 1. The summed E-state index contributed by atoms with van der Waals surface area (Å²) in [5, 5.41) is 10.6. The van der Waals surface area contributed by atoms with Crippen molar-refractivity contribution in [3.63, 3.8) is 0 Å². The Labute approximate surface area is 143 Å². The number of rotatable bonds is 8. The summed E-state index contributed by atoms with van der Waals surface area (Å²) in [6, 6.07) is 4.47. The lowest BCUT2D eigenvalue weighted by atomic mass is 10.1. The Balaban J connectivity index is 1.69. The second-order valence-electron chi connectivity index (χ2n) is 5.36. The van der Waals surface area contributed by atoms with Gasteiger partial charge in [0.05, 0.1) is 4.88 Å². The largest absolute Gasteiger partial charge is 0.360 e. The third-order valence-corrected chi connectivity index (χ3v) is 4.16. The van der Waals surface area contributed by atoms with E-state index in [9.17, 15) is 14.4 Å². The monoisotopic (exact) mass is 349 g/mol. The van der Waals surface area contributed by atoms with Gasteiger partial charge < -0.3 is 15.2 Å². The molecule has 0 spiro atoms. The number of anilines is 1. The van der Waals surface area contributed by atoms with Gasteiger partial charge in [-0.3, -0.25) is 14.4 Å². The number of ketones is 1. The van der Waals surface area contributed by atoms with Gasteiger partial charge in [0.2, 0.25) is 11.8 Å². The molecule has 1 atom stereocenters. The summed E-state index contributed by atoms with van der Waals surface area (Å²) in [5.74, 6) is 0.266. The Morgan fingerprint density at radius 2 is 2.12 bits per heavy atom. The first-order chi connectivity index (χ1) is 11.5. The number of hydrogen-bond acceptors (Lipinski definition) is 6. The minimum Gasteiger partial charge on any atom is -0.360 e. The van der Waals surface area contributed by atoms with E-state index in [1.807, 2.05) is 11.4 Å². The maximum atomic E-state index is 11.9. The Kier molecular flexibility index (Phi) is 6.25. The molecular weight excluding hydrogens is 330 g/mol. The first-order valence-electron chi connectivity index (χ1n) is 7.56. The molecule has 0 aliphatic heterocycles. The van der Waals surface area contributed by atoms with Crippen molar-refractivity contribution in [1.29, 1.82) is 0 Å². The minimum atomic E-state index is -0.706. The number of carbonyl (C=O) groups is 3. The predicted molar refractivity (Wildman–Crippen MR) is 90.0 cm³/mol. The van der Waals surface area contributed by atoms with Crippen LogP contribution in [0.25, 0.3) is 0 Å². The van der Waals surface area contributed by atoms with Crippen molar-refractivity contribution in [3.8, 4) is 0 Å². The van der Waals surface area contributed by atoms with E-state index in [-0.39, 0.29) is 24.0 Å². The van der Waals surface area contributed by atoms with Gasteiger partial charge in [0.15, 0.2) is 11.6 Å². The Hall–Kier alpha value is -2.48. The number of hydrogen-bond donors (Lipinski definition) is 2. The SMILES string of the molecule is Cc1cc(NC(=O)[C@H](C)NC(=O)CCCC(=O)c2cccs2)no1. The quantitative estimate of drug-likeness (QED) is 0.713. The lowest BCUT2D eigenvalue weighted by Gasteiger charge is -2.12. The summed E-state index contributed by atoms with van der Waals surface area (Å²) < 4.78 is 4.85. The van der Waals surface area contributed by atoms with Gasteiger partial charge in [-0.15, -0.1) is 11.3 Å². The maximum absolute atomic E-state index is 11.9. The smallest absolute Gasteiger partial charge is 0.247 e. The van der Waals surface area contributed by atoms with Gasteiger partial charge in [0.25, 0.3) is 0 Å². The average molecular weight is 349 g/mol. The number of thiophene rings is 1. The summed E-state index contributed by atoms with van der Waals surface area (Å²) in [4.78, 5) is 36.3. The van der Waals surface area contributed by atoms with E-state index in [0.29, 0.717) is 29.3 Å². The van der Waals surface area contributed by atoms with Crippen LogP contribution < -0.4 is 10.6 Å². The van der Waals surface area contributed by atoms with Crippen LogP contribution in [0.3, 0.4) is 0 Å². The van der Waals surface area contributed by atoms with Gasteiger partial charge >= 0.3 is 0 Å². The zero-order chi connectivity index (χ0) is 17.5. The molecule has 2 rings (SSSR count). The van der Waals surface area contributed by atoms with Gasteiger partial charge in [-0.2, -0.15) is 0 Å². The van der Waals surface area contributed by atoms with Gasteiger partial charge in [0, 0.05) is 18.9 Å². The highest BCUT2D eigenvalue weighted by molar-refractivity contribution is 7.12. The van der Waals surface area contributed by atoms with Crippen molar-refractivity contribution in [2.75, 3.05) is 5.32 Å². The molecule has 2 N–H and O–H groups in total. The number of carbonyl (C=O) groups excluding carboxylic acids is 3. The van der Waals surface area contributed by atoms with Crippen LogP contribution in [0.15, 0.2) is 28.1 Å². The lowest BCUT2D eigenvalue weighted by Crippen LogP contribution is -2.41. The highest BCUT2D eigenvalue weighted by Gasteiger charge is 2.17. The summed E-state index contributed by atoms with van der Waals surface area (Å²) in [7, 11) is 0. The molecule has 2 heterocycles. The van der Waals surface area contributed by atoms with Crippen molar-refractivity contribution in [2.45, 2.75) is 39.2 Å². The molecule has 0 saturated carbocycles. The van der Waals surface area contributed by atoms with Gasteiger partial charge in [-0.05, 0) is 31.7 Å². The van der Waals surface area contributed by atoms with Gasteiger partial charge in [-0.1, -0.05) is 11.2 Å². The molecule has 0 aliphatic carbocycles. The van der Waals surface area contributed by atoms with Crippen LogP contribution in [0.2, 0.25) is 0 Å². The van der Waals surface area contributed by atoms with Crippen LogP contribution >= 0.6 is 11.3 Å². The molecule has 0 saturated heterocycles. The summed E-state index contributed by atoms with van der Waals surface area (Å²) in [6.45, 7) is 3.29. The van der Waals surface area contributed by atoms with E-state index < -0.39 is 6.04 Å². The number of amides is 2. The standard InChI is InChI=1S/C16H19N3O4S/c1-10-9-14(19-23-10)18-16(22)11(2)17-15(21)7-3-5-12(20)13-6-4-8-24-13/h4,6,8-9,11H,3,5,7H2,1-2H3,(H,17,21)(H,18,19,22)/t11-/m0/s1.